The van der Waals surface area contributed by atoms with E-state index in [0.717, 1.165) is 35.7 Å². The van der Waals surface area contributed by atoms with Gasteiger partial charge in [-0.3, -0.25) is 0 Å². The predicted octanol–water partition coefficient (Wildman–Crippen LogP) is 4.00. The number of hydrogen-bond acceptors (Lipinski definition) is 5. The molecule has 0 atom stereocenters. The molecule has 5 nitrogen and oxygen atoms in total. The second-order valence-corrected chi connectivity index (χ2v) is 6.72. The first-order valence-electron chi connectivity index (χ1n) is 8.61. The van der Waals surface area contributed by atoms with E-state index in [2.05, 4.69) is 46.3 Å². The number of nitrogens with zero attached hydrogens (tertiary/aromatic N) is 4. The standard InChI is InChI=1S/C20H19ClN4O/c1-14-2-4-15(5-3-14)18-20(25-10-12-26-13-11-25)22-19(24-23-18)16-6-8-17(21)9-7-16/h2-9H,10-13H2,1H3. The molecule has 1 aliphatic heterocycles. The maximum atomic E-state index is 5.99. The number of ether oxygens (including phenoxy) is 1. The van der Waals surface area contributed by atoms with Crippen LogP contribution in [0, 0.1) is 6.92 Å². The number of morpholine rings is 1. The fourth-order valence-electron chi connectivity index (χ4n) is 2.93. The average Bonchev–Trinajstić information content (AvgIpc) is 2.69. The number of rotatable bonds is 3. The summed E-state index contributed by atoms with van der Waals surface area (Å²) in [4.78, 5) is 7.06. The van der Waals surface area contributed by atoms with Crippen molar-refractivity contribution in [3.05, 3.63) is 59.1 Å². The van der Waals surface area contributed by atoms with Gasteiger partial charge in [-0.15, -0.1) is 10.2 Å². The molecule has 0 saturated carbocycles. The molecular formula is C20H19ClN4O. The van der Waals surface area contributed by atoms with Crippen LogP contribution in [0.25, 0.3) is 22.6 Å². The number of aromatic nitrogens is 3. The van der Waals surface area contributed by atoms with Crippen LogP contribution in [0.5, 0.6) is 0 Å². The topological polar surface area (TPSA) is 51.1 Å². The van der Waals surface area contributed by atoms with Gasteiger partial charge in [0.2, 0.25) is 0 Å². The maximum absolute atomic E-state index is 5.99. The molecule has 0 radical (unpaired) electrons. The van der Waals surface area contributed by atoms with Crippen LogP contribution in [-0.2, 0) is 4.74 Å². The van der Waals surface area contributed by atoms with Gasteiger partial charge in [-0.1, -0.05) is 41.4 Å². The molecule has 0 bridgehead atoms. The van der Waals surface area contributed by atoms with E-state index in [1.54, 1.807) is 0 Å². The van der Waals surface area contributed by atoms with Crippen molar-refractivity contribution in [1.29, 1.82) is 0 Å². The van der Waals surface area contributed by atoms with Crippen LogP contribution >= 0.6 is 11.6 Å². The van der Waals surface area contributed by atoms with Crippen molar-refractivity contribution in [2.24, 2.45) is 0 Å². The molecule has 1 fully saturated rings. The summed E-state index contributed by atoms with van der Waals surface area (Å²) in [6, 6.07) is 15.8. The second-order valence-electron chi connectivity index (χ2n) is 6.28. The van der Waals surface area contributed by atoms with Gasteiger partial charge in [0.25, 0.3) is 0 Å². The van der Waals surface area contributed by atoms with E-state index < -0.39 is 0 Å². The first-order valence-corrected chi connectivity index (χ1v) is 8.99. The fourth-order valence-corrected chi connectivity index (χ4v) is 3.06. The molecule has 6 heteroatoms. The summed E-state index contributed by atoms with van der Waals surface area (Å²) >= 11 is 5.99. The molecule has 1 saturated heterocycles. The molecule has 132 valence electrons. The molecule has 1 aromatic heterocycles. The summed E-state index contributed by atoms with van der Waals surface area (Å²) < 4.78 is 5.49. The highest BCUT2D eigenvalue weighted by atomic mass is 35.5. The van der Waals surface area contributed by atoms with Gasteiger partial charge >= 0.3 is 0 Å². The van der Waals surface area contributed by atoms with Crippen LogP contribution in [0.15, 0.2) is 48.5 Å². The van der Waals surface area contributed by atoms with E-state index in [1.165, 1.54) is 5.56 Å². The van der Waals surface area contributed by atoms with E-state index in [4.69, 9.17) is 21.3 Å². The molecule has 0 N–H and O–H groups in total. The maximum Gasteiger partial charge on any atom is 0.183 e. The zero-order valence-corrected chi connectivity index (χ0v) is 15.3. The average molecular weight is 367 g/mol. The molecule has 2 aromatic carbocycles. The summed E-state index contributed by atoms with van der Waals surface area (Å²) in [5.74, 6) is 1.44. The normalized spacial score (nSPS) is 14.5. The summed E-state index contributed by atoms with van der Waals surface area (Å²) in [5.41, 5.74) is 3.91. The zero-order chi connectivity index (χ0) is 17.9. The van der Waals surface area contributed by atoms with Crippen LogP contribution in [-0.4, -0.2) is 41.5 Å². The molecule has 3 aromatic rings. The molecule has 0 aliphatic carbocycles. The summed E-state index contributed by atoms with van der Waals surface area (Å²) in [7, 11) is 0. The molecule has 4 rings (SSSR count). The van der Waals surface area contributed by atoms with E-state index >= 15 is 0 Å². The van der Waals surface area contributed by atoms with Gasteiger partial charge in [-0.2, -0.15) is 0 Å². The van der Waals surface area contributed by atoms with E-state index in [9.17, 15) is 0 Å². The highest BCUT2D eigenvalue weighted by Crippen LogP contribution is 2.29. The highest BCUT2D eigenvalue weighted by Gasteiger charge is 2.20. The molecule has 0 unspecified atom stereocenters. The quantitative estimate of drug-likeness (QED) is 0.701. The van der Waals surface area contributed by atoms with Gasteiger partial charge in [-0.25, -0.2) is 4.98 Å². The predicted molar refractivity (Wildman–Crippen MR) is 103 cm³/mol. The molecule has 2 heterocycles. The van der Waals surface area contributed by atoms with Crippen molar-refractivity contribution in [2.75, 3.05) is 31.2 Å². The van der Waals surface area contributed by atoms with Crippen LogP contribution in [0.3, 0.4) is 0 Å². The molecule has 0 spiro atoms. The van der Waals surface area contributed by atoms with Crippen LogP contribution < -0.4 is 4.90 Å². The van der Waals surface area contributed by atoms with Crippen LogP contribution in [0.1, 0.15) is 5.56 Å². The Bertz CT molecular complexity index is 891. The Morgan fingerprint density at radius 2 is 1.54 bits per heavy atom. The smallest absolute Gasteiger partial charge is 0.183 e. The van der Waals surface area contributed by atoms with Crippen molar-refractivity contribution in [1.82, 2.24) is 15.2 Å². The highest BCUT2D eigenvalue weighted by molar-refractivity contribution is 6.30. The summed E-state index contributed by atoms with van der Waals surface area (Å²) in [6.07, 6.45) is 0. The van der Waals surface area contributed by atoms with E-state index in [0.29, 0.717) is 24.1 Å². The lowest BCUT2D eigenvalue weighted by Gasteiger charge is -2.29. The largest absolute Gasteiger partial charge is 0.378 e. The Morgan fingerprint density at radius 3 is 2.23 bits per heavy atom. The van der Waals surface area contributed by atoms with E-state index in [-0.39, 0.29) is 0 Å². The number of halogens is 1. The van der Waals surface area contributed by atoms with Crippen LogP contribution in [0.2, 0.25) is 5.02 Å². The molecule has 1 aliphatic rings. The number of anilines is 1. The lowest BCUT2D eigenvalue weighted by molar-refractivity contribution is 0.122. The van der Waals surface area contributed by atoms with Gasteiger partial charge in [0.05, 0.1) is 13.2 Å². The van der Waals surface area contributed by atoms with Crippen molar-refractivity contribution in [2.45, 2.75) is 6.92 Å². The lowest BCUT2D eigenvalue weighted by Crippen LogP contribution is -2.37. The summed E-state index contributed by atoms with van der Waals surface area (Å²) in [5, 5.41) is 9.58. The van der Waals surface area contributed by atoms with Crippen molar-refractivity contribution < 1.29 is 4.74 Å². The Morgan fingerprint density at radius 1 is 0.885 bits per heavy atom. The van der Waals surface area contributed by atoms with Gasteiger partial charge in [0.15, 0.2) is 11.6 Å². The van der Waals surface area contributed by atoms with Crippen LogP contribution in [0.4, 0.5) is 5.82 Å². The molecular weight excluding hydrogens is 348 g/mol. The Kier molecular flexibility index (Phi) is 4.82. The fraction of sp³-hybridized carbons (Fsp3) is 0.250. The minimum Gasteiger partial charge on any atom is -0.378 e. The Hall–Kier alpha value is -2.50. The molecule has 26 heavy (non-hydrogen) atoms. The third kappa shape index (κ3) is 3.54. The lowest BCUT2D eigenvalue weighted by atomic mass is 10.1. The second kappa shape index (κ2) is 7.40. The SMILES string of the molecule is Cc1ccc(-c2nnc(-c3ccc(Cl)cc3)nc2N2CCOCC2)cc1. The third-order valence-corrected chi connectivity index (χ3v) is 4.66. The first-order chi connectivity index (χ1) is 12.7. The van der Waals surface area contributed by atoms with Gasteiger partial charge < -0.3 is 9.64 Å². The van der Waals surface area contributed by atoms with Gasteiger partial charge in [0, 0.05) is 29.2 Å². The van der Waals surface area contributed by atoms with Gasteiger partial charge in [0.1, 0.15) is 5.69 Å². The minimum absolute atomic E-state index is 0.596. The van der Waals surface area contributed by atoms with E-state index in [1.807, 2.05) is 24.3 Å². The minimum atomic E-state index is 0.596. The Labute approximate surface area is 157 Å². The zero-order valence-electron chi connectivity index (χ0n) is 14.5. The first kappa shape index (κ1) is 16.9. The Balaban J connectivity index is 1.80. The van der Waals surface area contributed by atoms with Gasteiger partial charge in [-0.05, 0) is 31.2 Å². The van der Waals surface area contributed by atoms with Crippen molar-refractivity contribution in [3.8, 4) is 22.6 Å². The van der Waals surface area contributed by atoms with Crippen molar-refractivity contribution >= 4 is 17.4 Å². The number of hydrogen-bond donors (Lipinski definition) is 0. The number of benzene rings is 2. The monoisotopic (exact) mass is 366 g/mol. The third-order valence-electron chi connectivity index (χ3n) is 4.41. The van der Waals surface area contributed by atoms with Crippen molar-refractivity contribution in [3.63, 3.8) is 0 Å². The summed E-state index contributed by atoms with van der Waals surface area (Å²) in [6.45, 7) is 5.02. The molecule has 0 amide bonds. The number of aryl methyl sites for hydroxylation is 1.